The number of halogens is 1. The van der Waals surface area contributed by atoms with Crippen molar-refractivity contribution < 1.29 is 19.0 Å². The molecular formula is C24H39FN5O3Si2. The van der Waals surface area contributed by atoms with Gasteiger partial charge in [-0.15, -0.1) is 5.54 Å². The summed E-state index contributed by atoms with van der Waals surface area (Å²) in [6, 6.07) is 3.15. The van der Waals surface area contributed by atoms with Crippen molar-refractivity contribution in [2.24, 2.45) is 0 Å². The Balaban J connectivity index is 2.19. The van der Waals surface area contributed by atoms with Crippen LogP contribution in [0.4, 0.5) is 10.2 Å². The van der Waals surface area contributed by atoms with Gasteiger partial charge in [0.2, 0.25) is 0 Å². The average molecular weight is 521 g/mol. The third-order valence-electron chi connectivity index (χ3n) is 7.12. The largest absolute Gasteiger partial charge is 0.388 e. The summed E-state index contributed by atoms with van der Waals surface area (Å²) in [4.78, 5) is 11.9. The van der Waals surface area contributed by atoms with Crippen molar-refractivity contribution in [1.82, 2.24) is 19.5 Å². The lowest BCUT2D eigenvalue weighted by Gasteiger charge is -2.38. The summed E-state index contributed by atoms with van der Waals surface area (Å²) in [7, 11) is -3.24. The van der Waals surface area contributed by atoms with Crippen LogP contribution in [0.1, 0.15) is 48.0 Å². The maximum atomic E-state index is 14.2. The van der Waals surface area contributed by atoms with Crippen molar-refractivity contribution in [3.8, 4) is 11.5 Å². The van der Waals surface area contributed by atoms with Gasteiger partial charge in [-0.2, -0.15) is 14.4 Å². The van der Waals surface area contributed by atoms with Crippen LogP contribution in [0.25, 0.3) is 11.2 Å². The molecule has 193 valence electrons. The Labute approximate surface area is 210 Å². The molecule has 35 heavy (non-hydrogen) atoms. The summed E-state index contributed by atoms with van der Waals surface area (Å²) in [5, 5.41) is 10.4. The number of hydrogen-bond acceptors (Lipinski definition) is 7. The fourth-order valence-corrected chi connectivity index (χ4v) is 9.01. The van der Waals surface area contributed by atoms with Gasteiger partial charge in [0.25, 0.3) is 0 Å². The second-order valence-electron chi connectivity index (χ2n) is 10.7. The highest BCUT2D eigenvalue weighted by atomic mass is 28.3. The van der Waals surface area contributed by atoms with Crippen molar-refractivity contribution in [3.05, 3.63) is 12.4 Å². The number of nitrogens with zero attached hydrogens (tertiary/aromatic N) is 4. The maximum absolute atomic E-state index is 14.2. The molecule has 2 aromatic heterocycles. The molecule has 3 N–H and O–H groups in total. The fourth-order valence-electron chi connectivity index (χ4n) is 4.68. The zero-order valence-corrected chi connectivity index (χ0v) is 24.2. The Morgan fingerprint density at radius 2 is 1.91 bits per heavy atom. The Bertz CT molecular complexity index is 1110. The standard InChI is InChI=1S/C24H39FN5O3Si2/c1-9-35(10-2,11-3)13-12-23(15-32-22(4,5)6)14-17(31)24(33-23,34(7)8)30-16-27-18-19(26)28-21(25)29-20(18)30/h16-17,31H,9-11,14-15H2,1-8H3,(H2,26,28,29)/t17-,23+,24+/m1/s1. The zero-order valence-electron chi connectivity index (χ0n) is 22.2. The highest BCUT2D eigenvalue weighted by Gasteiger charge is 2.59. The van der Waals surface area contributed by atoms with E-state index in [4.69, 9.17) is 15.2 Å². The number of hydrogen-bond donors (Lipinski definition) is 2. The second kappa shape index (κ2) is 9.90. The number of anilines is 1. The van der Waals surface area contributed by atoms with Crippen LogP contribution in [0.5, 0.6) is 0 Å². The Kier molecular flexibility index (Phi) is 7.84. The Morgan fingerprint density at radius 3 is 2.46 bits per heavy atom. The third-order valence-corrected chi connectivity index (χ3v) is 13.9. The molecular weight excluding hydrogens is 481 g/mol. The smallest absolute Gasteiger partial charge is 0.312 e. The van der Waals surface area contributed by atoms with E-state index in [2.05, 4.69) is 47.2 Å². The van der Waals surface area contributed by atoms with Crippen molar-refractivity contribution >= 4 is 33.9 Å². The SMILES string of the molecule is CC[Si](C#C[C@@]1(COC(C)(C)C)C[C@@H](O)[C@@](n2cnc3c(N)nc(F)nc32)([Si](C)C)O1)(CC)CC. The number of rotatable bonds is 7. The van der Waals surface area contributed by atoms with E-state index < -0.39 is 45.6 Å². The van der Waals surface area contributed by atoms with Gasteiger partial charge in [-0.1, -0.05) is 39.8 Å². The predicted molar refractivity (Wildman–Crippen MR) is 140 cm³/mol. The lowest BCUT2D eigenvalue weighted by atomic mass is 10.0. The van der Waals surface area contributed by atoms with E-state index in [9.17, 15) is 9.50 Å². The number of nitrogens with two attached hydrogens (primary N) is 1. The van der Waals surface area contributed by atoms with Crippen LogP contribution in [0.15, 0.2) is 6.33 Å². The molecule has 0 unspecified atom stereocenters. The molecule has 0 bridgehead atoms. The predicted octanol–water partition coefficient (Wildman–Crippen LogP) is 3.88. The minimum atomic E-state index is -1.80. The van der Waals surface area contributed by atoms with Crippen molar-refractivity contribution in [3.63, 3.8) is 0 Å². The molecule has 8 nitrogen and oxygen atoms in total. The van der Waals surface area contributed by atoms with E-state index in [1.807, 2.05) is 33.9 Å². The first-order chi connectivity index (χ1) is 16.3. The number of nitrogen functional groups attached to an aromatic ring is 1. The van der Waals surface area contributed by atoms with Gasteiger partial charge in [0.15, 0.2) is 27.9 Å². The minimum absolute atomic E-state index is 0.0541. The summed E-state index contributed by atoms with van der Waals surface area (Å²) in [6.45, 7) is 16.8. The molecule has 3 atom stereocenters. The van der Waals surface area contributed by atoms with Crippen LogP contribution < -0.4 is 5.73 Å². The van der Waals surface area contributed by atoms with Gasteiger partial charge in [-0.25, -0.2) is 4.98 Å². The number of ether oxygens (including phenoxy) is 2. The molecule has 1 fully saturated rings. The van der Waals surface area contributed by atoms with Gasteiger partial charge >= 0.3 is 6.08 Å². The van der Waals surface area contributed by atoms with Gasteiger partial charge in [0.05, 0.1) is 18.5 Å². The number of imidazole rings is 1. The number of aliphatic hydroxyl groups excluding tert-OH is 1. The lowest BCUT2D eigenvalue weighted by molar-refractivity contribution is -0.141. The first kappa shape index (κ1) is 27.7. The van der Waals surface area contributed by atoms with Crippen LogP contribution in [-0.4, -0.2) is 65.4 Å². The molecule has 0 amide bonds. The van der Waals surface area contributed by atoms with E-state index in [-0.39, 0.29) is 30.0 Å². The molecule has 0 aliphatic carbocycles. The van der Waals surface area contributed by atoms with Crippen molar-refractivity contribution in [1.29, 1.82) is 0 Å². The average Bonchev–Trinajstić information content (AvgIpc) is 3.33. The molecule has 11 heteroatoms. The molecule has 1 saturated heterocycles. The quantitative estimate of drug-likeness (QED) is 0.324. The van der Waals surface area contributed by atoms with E-state index in [0.29, 0.717) is 0 Å². The van der Waals surface area contributed by atoms with Gasteiger partial charge in [-0.3, -0.25) is 4.57 Å². The molecule has 3 rings (SSSR count). The van der Waals surface area contributed by atoms with E-state index in [0.717, 1.165) is 18.1 Å². The molecule has 0 spiro atoms. The summed E-state index contributed by atoms with van der Waals surface area (Å²) in [6.07, 6.45) is -0.113. The molecule has 2 aromatic rings. The monoisotopic (exact) mass is 520 g/mol. The summed E-state index contributed by atoms with van der Waals surface area (Å²) >= 11 is 0. The topological polar surface area (TPSA) is 108 Å². The van der Waals surface area contributed by atoms with E-state index in [1.54, 1.807) is 4.57 Å². The molecule has 1 radical (unpaired) electrons. The third kappa shape index (κ3) is 5.18. The molecule has 1 aliphatic rings. The summed E-state index contributed by atoms with van der Waals surface area (Å²) in [5.74, 6) is 3.44. The first-order valence-corrected chi connectivity index (χ1v) is 17.4. The molecule has 1 aliphatic heterocycles. The molecule has 0 aromatic carbocycles. The van der Waals surface area contributed by atoms with Gasteiger partial charge in [0.1, 0.15) is 23.0 Å². The number of aromatic nitrogens is 4. The van der Waals surface area contributed by atoms with E-state index >= 15 is 0 Å². The van der Waals surface area contributed by atoms with Crippen LogP contribution in [-0.2, 0) is 14.8 Å². The molecule has 3 heterocycles. The second-order valence-corrected chi connectivity index (χ2v) is 18.3. The van der Waals surface area contributed by atoms with Crippen LogP contribution in [0.2, 0.25) is 31.2 Å². The Hall–Kier alpha value is -1.85. The zero-order chi connectivity index (χ0) is 26.2. The maximum Gasteiger partial charge on any atom is 0.312 e. The summed E-state index contributed by atoms with van der Waals surface area (Å²) in [5.41, 5.74) is 8.59. The van der Waals surface area contributed by atoms with Crippen molar-refractivity contribution in [2.75, 3.05) is 12.3 Å². The van der Waals surface area contributed by atoms with Gasteiger partial charge in [0, 0.05) is 6.42 Å². The van der Waals surface area contributed by atoms with Crippen molar-refractivity contribution in [2.45, 2.75) is 102 Å². The first-order valence-electron chi connectivity index (χ1n) is 12.3. The van der Waals surface area contributed by atoms with Gasteiger partial charge < -0.3 is 20.3 Å². The van der Waals surface area contributed by atoms with E-state index in [1.165, 1.54) is 6.33 Å². The van der Waals surface area contributed by atoms with Crippen LogP contribution in [0, 0.1) is 17.5 Å². The van der Waals surface area contributed by atoms with Crippen LogP contribution >= 0.6 is 0 Å². The normalized spacial score (nSPS) is 25.3. The Morgan fingerprint density at radius 1 is 1.29 bits per heavy atom. The lowest BCUT2D eigenvalue weighted by Crippen LogP contribution is -2.53. The minimum Gasteiger partial charge on any atom is -0.388 e. The highest BCUT2D eigenvalue weighted by molar-refractivity contribution is 6.87. The number of aliphatic hydroxyl groups is 1. The summed E-state index contributed by atoms with van der Waals surface area (Å²) < 4.78 is 28.9. The van der Waals surface area contributed by atoms with Gasteiger partial charge in [-0.05, 0) is 38.9 Å². The molecule has 0 saturated carbocycles. The number of fused-ring (bicyclic) bond motifs is 1. The van der Waals surface area contributed by atoms with Crippen LogP contribution in [0.3, 0.4) is 0 Å². The fraction of sp³-hybridized carbons (Fsp3) is 0.708. The highest BCUT2D eigenvalue weighted by Crippen LogP contribution is 2.45.